The van der Waals surface area contributed by atoms with Crippen LogP contribution in [0.3, 0.4) is 0 Å². The molecule has 2 unspecified atom stereocenters. The average molecular weight is 429 g/mol. The molecule has 7 nitrogen and oxygen atoms in total. The van der Waals surface area contributed by atoms with Gasteiger partial charge in [-0.2, -0.15) is 0 Å². The van der Waals surface area contributed by atoms with E-state index in [0.717, 1.165) is 32.4 Å². The van der Waals surface area contributed by atoms with Crippen molar-refractivity contribution in [3.8, 4) is 0 Å². The number of carbonyl (C=O) groups is 2. The first-order valence-corrected chi connectivity index (χ1v) is 11.5. The summed E-state index contributed by atoms with van der Waals surface area (Å²) in [4.78, 5) is 25.3. The molecule has 0 aromatic rings. The van der Waals surface area contributed by atoms with Crippen LogP contribution in [0.2, 0.25) is 0 Å². The molecule has 0 amide bonds. The van der Waals surface area contributed by atoms with Crippen LogP contribution in [-0.4, -0.2) is 60.9 Å². The molecule has 1 aliphatic heterocycles. The van der Waals surface area contributed by atoms with Crippen molar-refractivity contribution in [3.05, 3.63) is 0 Å². The molecule has 1 fully saturated rings. The summed E-state index contributed by atoms with van der Waals surface area (Å²) in [6, 6.07) is -0.417. The van der Waals surface area contributed by atoms with E-state index in [-0.39, 0.29) is 36.8 Å². The normalized spacial score (nSPS) is 35.1. The third-order valence-corrected chi connectivity index (χ3v) is 6.31. The van der Waals surface area contributed by atoms with Crippen molar-refractivity contribution in [2.45, 2.75) is 91.6 Å². The van der Waals surface area contributed by atoms with Gasteiger partial charge in [0.15, 0.2) is 0 Å². The summed E-state index contributed by atoms with van der Waals surface area (Å²) < 4.78 is 11.6. The topological polar surface area (TPSA) is 111 Å². The van der Waals surface area contributed by atoms with Crippen LogP contribution in [0.15, 0.2) is 0 Å². The van der Waals surface area contributed by atoms with Crippen LogP contribution in [0, 0.1) is 23.7 Å². The zero-order valence-corrected chi connectivity index (χ0v) is 19.7. The summed E-state index contributed by atoms with van der Waals surface area (Å²) in [6.07, 6.45) is 0.891. The highest BCUT2D eigenvalue weighted by molar-refractivity contribution is 5.97. The Morgan fingerprint density at radius 3 is 2.50 bits per heavy atom. The molecule has 1 saturated heterocycles. The first kappa shape index (κ1) is 27.0. The summed E-state index contributed by atoms with van der Waals surface area (Å²) >= 11 is 0. The molecular formula is C23H44N2O5. The van der Waals surface area contributed by atoms with Gasteiger partial charge in [-0.25, -0.2) is 0 Å². The van der Waals surface area contributed by atoms with E-state index in [1.807, 2.05) is 6.92 Å². The SMILES string of the molecule is CC[C@H]1OC(=O)CC(=O)[C@H](C)[C@@H](OCC(O)C(C)N)[C@@H](C)C[C@@H](C)CNCC[C@H]1C. The fraction of sp³-hybridized carbons (Fsp3) is 0.913. The van der Waals surface area contributed by atoms with Crippen molar-refractivity contribution in [2.24, 2.45) is 29.4 Å². The number of carbonyl (C=O) groups excluding carboxylic acids is 2. The lowest BCUT2D eigenvalue weighted by molar-refractivity contribution is -0.155. The minimum atomic E-state index is -0.799. The van der Waals surface area contributed by atoms with Gasteiger partial charge in [0.2, 0.25) is 0 Å². The number of nitrogens with two attached hydrogens (primary N) is 1. The van der Waals surface area contributed by atoms with Gasteiger partial charge in [-0.3, -0.25) is 9.59 Å². The van der Waals surface area contributed by atoms with Gasteiger partial charge < -0.3 is 25.6 Å². The Bertz CT molecular complexity index is 528. The molecule has 0 aliphatic carbocycles. The molecule has 1 aliphatic rings. The van der Waals surface area contributed by atoms with Gasteiger partial charge in [-0.05, 0) is 57.0 Å². The predicted octanol–water partition coefficient (Wildman–Crippen LogP) is 2.29. The van der Waals surface area contributed by atoms with E-state index in [9.17, 15) is 14.7 Å². The van der Waals surface area contributed by atoms with Gasteiger partial charge >= 0.3 is 5.97 Å². The summed E-state index contributed by atoms with van der Waals surface area (Å²) in [5.74, 6) is -0.402. The smallest absolute Gasteiger partial charge is 0.313 e. The molecule has 176 valence electrons. The molecule has 1 rings (SSSR count). The lowest BCUT2D eigenvalue weighted by Crippen LogP contribution is -2.41. The van der Waals surface area contributed by atoms with Gasteiger partial charge in [0.05, 0.1) is 18.8 Å². The first-order chi connectivity index (χ1) is 14.1. The summed E-state index contributed by atoms with van der Waals surface area (Å²) in [6.45, 7) is 13.7. The number of ether oxygens (including phenoxy) is 2. The van der Waals surface area contributed by atoms with Gasteiger partial charge in [-0.15, -0.1) is 0 Å². The molecule has 8 atom stereocenters. The van der Waals surface area contributed by atoms with Gasteiger partial charge in [0.1, 0.15) is 18.3 Å². The Labute approximate surface area is 182 Å². The number of nitrogens with one attached hydrogen (secondary N) is 1. The molecule has 0 saturated carbocycles. The molecule has 1 heterocycles. The van der Waals surface area contributed by atoms with E-state index in [0.29, 0.717) is 5.92 Å². The molecule has 4 N–H and O–H groups in total. The second-order valence-corrected chi connectivity index (χ2v) is 9.38. The Morgan fingerprint density at radius 1 is 1.23 bits per heavy atom. The number of aliphatic hydroxyl groups is 1. The Kier molecular flexibility index (Phi) is 12.1. The molecule has 0 spiro atoms. The predicted molar refractivity (Wildman–Crippen MR) is 118 cm³/mol. The minimum absolute atomic E-state index is 0.0663. The van der Waals surface area contributed by atoms with E-state index >= 15 is 0 Å². The molecular weight excluding hydrogens is 384 g/mol. The van der Waals surface area contributed by atoms with Crippen LogP contribution in [0.4, 0.5) is 0 Å². The van der Waals surface area contributed by atoms with Crippen LogP contribution in [0.5, 0.6) is 0 Å². The number of hydrogen-bond donors (Lipinski definition) is 3. The zero-order chi connectivity index (χ0) is 22.8. The van der Waals surface area contributed by atoms with Crippen LogP contribution in [0.25, 0.3) is 0 Å². The van der Waals surface area contributed by atoms with Crippen molar-refractivity contribution in [3.63, 3.8) is 0 Å². The highest BCUT2D eigenvalue weighted by Crippen LogP contribution is 2.26. The summed E-state index contributed by atoms with van der Waals surface area (Å²) in [5, 5.41) is 13.6. The molecule has 0 aromatic carbocycles. The van der Waals surface area contributed by atoms with E-state index in [4.69, 9.17) is 15.2 Å². The van der Waals surface area contributed by atoms with Gasteiger partial charge in [-0.1, -0.05) is 34.6 Å². The largest absolute Gasteiger partial charge is 0.462 e. The maximum atomic E-state index is 12.9. The first-order valence-electron chi connectivity index (χ1n) is 11.5. The third kappa shape index (κ3) is 9.00. The van der Waals surface area contributed by atoms with E-state index in [2.05, 4.69) is 26.1 Å². The Balaban J connectivity index is 2.98. The molecule has 0 radical (unpaired) electrons. The number of cyclic esters (lactones) is 1. The van der Waals surface area contributed by atoms with E-state index in [1.165, 1.54) is 0 Å². The number of esters is 1. The number of rotatable bonds is 5. The Morgan fingerprint density at radius 2 is 1.90 bits per heavy atom. The van der Waals surface area contributed by atoms with E-state index < -0.39 is 30.1 Å². The quantitative estimate of drug-likeness (QED) is 0.455. The lowest BCUT2D eigenvalue weighted by Gasteiger charge is -2.32. The van der Waals surface area contributed by atoms with Crippen molar-refractivity contribution >= 4 is 11.8 Å². The van der Waals surface area contributed by atoms with E-state index in [1.54, 1.807) is 13.8 Å². The van der Waals surface area contributed by atoms with Crippen molar-refractivity contribution in [1.29, 1.82) is 0 Å². The third-order valence-electron chi connectivity index (χ3n) is 6.31. The summed E-state index contributed by atoms with van der Waals surface area (Å²) in [7, 11) is 0. The molecule has 7 heteroatoms. The maximum Gasteiger partial charge on any atom is 0.313 e. The second-order valence-electron chi connectivity index (χ2n) is 9.38. The fourth-order valence-corrected chi connectivity index (χ4v) is 4.18. The lowest BCUT2D eigenvalue weighted by atomic mass is 9.84. The maximum absolute atomic E-state index is 12.9. The highest BCUT2D eigenvalue weighted by atomic mass is 16.5. The monoisotopic (exact) mass is 428 g/mol. The van der Waals surface area contributed by atoms with Crippen molar-refractivity contribution in [1.82, 2.24) is 5.32 Å². The average Bonchev–Trinajstić information content (AvgIpc) is 2.68. The Hall–Kier alpha value is -1.02. The van der Waals surface area contributed by atoms with Crippen LogP contribution < -0.4 is 11.1 Å². The summed E-state index contributed by atoms with van der Waals surface area (Å²) in [5.41, 5.74) is 5.75. The van der Waals surface area contributed by atoms with Crippen molar-refractivity contribution in [2.75, 3.05) is 19.7 Å². The second kappa shape index (κ2) is 13.4. The van der Waals surface area contributed by atoms with Crippen LogP contribution in [-0.2, 0) is 19.1 Å². The molecule has 0 aromatic heterocycles. The molecule has 0 bridgehead atoms. The zero-order valence-electron chi connectivity index (χ0n) is 19.7. The fourth-order valence-electron chi connectivity index (χ4n) is 4.18. The van der Waals surface area contributed by atoms with Crippen LogP contribution >= 0.6 is 0 Å². The number of aliphatic hydroxyl groups excluding tert-OH is 1. The highest BCUT2D eigenvalue weighted by Gasteiger charge is 2.33. The molecule has 30 heavy (non-hydrogen) atoms. The van der Waals surface area contributed by atoms with Gasteiger partial charge in [0.25, 0.3) is 0 Å². The number of Topliss-reactive ketones (excluding diaryl/α,β-unsaturated/α-hetero) is 1. The minimum Gasteiger partial charge on any atom is -0.462 e. The van der Waals surface area contributed by atoms with Gasteiger partial charge in [0, 0.05) is 12.0 Å². The number of ketones is 1. The van der Waals surface area contributed by atoms with Crippen molar-refractivity contribution < 1.29 is 24.2 Å². The standard InChI is InChI=1S/C23H44N2O5/c1-7-21-15(3)8-9-25-12-14(2)10-16(4)23(29-13-20(27)18(6)24)17(5)19(26)11-22(28)30-21/h14-18,20-21,23,25,27H,7-13,24H2,1-6H3/t14-,15-,16+,17+,18?,20?,21-,23+/m1/s1. The van der Waals surface area contributed by atoms with Crippen LogP contribution in [0.1, 0.15) is 67.2 Å². The number of hydrogen-bond acceptors (Lipinski definition) is 7.